The highest BCUT2D eigenvalue weighted by Gasteiger charge is 2.31. The number of rotatable bonds is 3. The normalized spacial score (nSPS) is 15.9. The second-order valence-electron chi connectivity index (χ2n) is 4.23. The molecular formula is C14H10O4S. The summed E-state index contributed by atoms with van der Waals surface area (Å²) >= 11 is 0. The molecule has 1 aliphatic heterocycles. The molecule has 1 heterocycles. The van der Waals surface area contributed by atoms with E-state index in [2.05, 4.69) is 4.74 Å². The van der Waals surface area contributed by atoms with E-state index in [1.807, 2.05) is 18.2 Å². The molecule has 0 aromatic heterocycles. The molecule has 2 aromatic rings. The van der Waals surface area contributed by atoms with E-state index in [1.54, 1.807) is 24.3 Å². The topological polar surface area (TPSA) is 60.4 Å². The van der Waals surface area contributed by atoms with Gasteiger partial charge in [0.15, 0.2) is 0 Å². The van der Waals surface area contributed by atoms with Crippen LogP contribution in [-0.2, 0) is 19.4 Å². The van der Waals surface area contributed by atoms with Crippen LogP contribution in [0.4, 0.5) is 0 Å². The number of carbonyl (C=O) groups excluding carboxylic acids is 1. The maximum atomic E-state index is 12.4. The monoisotopic (exact) mass is 274 g/mol. The molecule has 0 bridgehead atoms. The fourth-order valence-corrected chi connectivity index (χ4v) is 3.97. The Morgan fingerprint density at radius 1 is 1.11 bits per heavy atom. The molecule has 2 aromatic carbocycles. The number of ether oxygens (including phenoxy) is 1. The molecule has 19 heavy (non-hydrogen) atoms. The van der Waals surface area contributed by atoms with E-state index in [1.165, 1.54) is 0 Å². The van der Waals surface area contributed by atoms with Crippen molar-refractivity contribution in [2.24, 2.45) is 0 Å². The van der Waals surface area contributed by atoms with E-state index in [0.29, 0.717) is 15.8 Å². The highest BCUT2D eigenvalue weighted by Crippen LogP contribution is 2.37. The van der Waals surface area contributed by atoms with Crippen LogP contribution in [0, 0.1) is 0 Å². The van der Waals surface area contributed by atoms with E-state index in [4.69, 9.17) is 0 Å². The first-order chi connectivity index (χ1) is 9.14. The van der Waals surface area contributed by atoms with Crippen LogP contribution in [-0.4, -0.2) is 21.5 Å². The van der Waals surface area contributed by atoms with Crippen molar-refractivity contribution in [3.05, 3.63) is 46.9 Å². The molecule has 0 saturated heterocycles. The quantitative estimate of drug-likeness (QED) is 0.804. The molecule has 0 atom stereocenters. The number of fused-ring (bicyclic) bond motifs is 3. The average Bonchev–Trinajstić information content (AvgIpc) is 2.68. The van der Waals surface area contributed by atoms with Gasteiger partial charge in [0.1, 0.15) is 6.61 Å². The first kappa shape index (κ1) is 11.9. The van der Waals surface area contributed by atoms with Crippen LogP contribution in [0.15, 0.2) is 46.2 Å². The zero-order valence-corrected chi connectivity index (χ0v) is 10.7. The Morgan fingerprint density at radius 3 is 2.68 bits per heavy atom. The summed E-state index contributed by atoms with van der Waals surface area (Å²) in [4.78, 5) is 10.6. The average molecular weight is 274 g/mol. The van der Waals surface area contributed by atoms with Gasteiger partial charge in [0.05, 0.1) is 9.80 Å². The molecule has 0 spiro atoms. The Kier molecular flexibility index (Phi) is 2.64. The van der Waals surface area contributed by atoms with Crippen LogP contribution >= 0.6 is 0 Å². The summed E-state index contributed by atoms with van der Waals surface area (Å²) in [5.74, 6) is 0. The minimum absolute atomic E-state index is 0.117. The third-order valence-corrected chi connectivity index (χ3v) is 5.05. The highest BCUT2D eigenvalue weighted by molar-refractivity contribution is 7.96. The Balaban J connectivity index is 2.24. The van der Waals surface area contributed by atoms with Gasteiger partial charge in [0, 0.05) is 5.39 Å². The van der Waals surface area contributed by atoms with Gasteiger partial charge in [-0.05, 0) is 17.0 Å². The zero-order valence-electron chi connectivity index (χ0n) is 9.87. The van der Waals surface area contributed by atoms with Crippen molar-refractivity contribution in [1.82, 2.24) is 0 Å². The molecule has 0 N–H and O–H groups in total. The first-order valence-electron chi connectivity index (χ1n) is 5.67. The first-order valence-corrected chi connectivity index (χ1v) is 7.15. The van der Waals surface area contributed by atoms with E-state index < -0.39 is 9.84 Å². The van der Waals surface area contributed by atoms with Gasteiger partial charge in [-0.1, -0.05) is 36.4 Å². The SMILES string of the molecule is O=COCC1=Cc2ccc3ccccc3c2S1(=O)=O. The summed E-state index contributed by atoms with van der Waals surface area (Å²) in [6.45, 7) is 0.0201. The molecule has 96 valence electrons. The van der Waals surface area contributed by atoms with Crippen molar-refractivity contribution in [3.8, 4) is 0 Å². The second kappa shape index (κ2) is 4.20. The van der Waals surface area contributed by atoms with Crippen LogP contribution < -0.4 is 0 Å². The van der Waals surface area contributed by atoms with Gasteiger partial charge >= 0.3 is 0 Å². The molecule has 0 unspecified atom stereocenters. The summed E-state index contributed by atoms with van der Waals surface area (Å²) in [5, 5.41) is 1.56. The molecule has 5 heteroatoms. The molecule has 3 rings (SSSR count). The standard InChI is InChI=1S/C14H10O4S/c15-9-18-8-12-7-11-6-5-10-3-1-2-4-13(10)14(11)19(12,16)17/h1-7,9H,8H2. The van der Waals surface area contributed by atoms with E-state index in [-0.39, 0.29) is 18.0 Å². The number of sulfone groups is 1. The largest absolute Gasteiger partial charge is 0.462 e. The molecular weight excluding hydrogens is 264 g/mol. The lowest BCUT2D eigenvalue weighted by Crippen LogP contribution is -2.06. The molecule has 0 amide bonds. The van der Waals surface area contributed by atoms with Crippen molar-refractivity contribution in [2.75, 3.05) is 6.61 Å². The van der Waals surface area contributed by atoms with Crippen molar-refractivity contribution in [2.45, 2.75) is 4.90 Å². The molecule has 0 radical (unpaired) electrons. The van der Waals surface area contributed by atoms with Gasteiger partial charge in [-0.15, -0.1) is 0 Å². The Labute approximate surface area is 110 Å². The third-order valence-electron chi connectivity index (χ3n) is 3.13. The van der Waals surface area contributed by atoms with Gasteiger partial charge in [0.25, 0.3) is 6.47 Å². The second-order valence-corrected chi connectivity index (χ2v) is 6.17. The minimum atomic E-state index is -3.57. The smallest absolute Gasteiger partial charge is 0.293 e. The number of hydrogen-bond acceptors (Lipinski definition) is 4. The fraction of sp³-hybridized carbons (Fsp3) is 0.0714. The summed E-state index contributed by atoms with van der Waals surface area (Å²) in [6, 6.07) is 11.0. The molecule has 0 fully saturated rings. The van der Waals surface area contributed by atoms with E-state index in [0.717, 1.165) is 5.39 Å². The van der Waals surface area contributed by atoms with Crippen LogP contribution in [0.3, 0.4) is 0 Å². The lowest BCUT2D eigenvalue weighted by atomic mass is 10.1. The Bertz CT molecular complexity index is 803. The highest BCUT2D eigenvalue weighted by atomic mass is 32.2. The Morgan fingerprint density at radius 2 is 1.89 bits per heavy atom. The van der Waals surface area contributed by atoms with Gasteiger partial charge in [-0.3, -0.25) is 4.79 Å². The van der Waals surface area contributed by atoms with E-state index in [9.17, 15) is 13.2 Å². The predicted molar refractivity (Wildman–Crippen MR) is 71.1 cm³/mol. The summed E-state index contributed by atoms with van der Waals surface area (Å²) in [5.41, 5.74) is 0.642. The lowest BCUT2D eigenvalue weighted by Gasteiger charge is -2.06. The Hall–Kier alpha value is -2.14. The van der Waals surface area contributed by atoms with Gasteiger partial charge < -0.3 is 4.74 Å². The number of benzene rings is 2. The fourth-order valence-electron chi connectivity index (χ4n) is 2.29. The predicted octanol–water partition coefficient (Wildman–Crippen LogP) is 2.14. The summed E-state index contributed by atoms with van der Waals surface area (Å²) < 4.78 is 29.4. The van der Waals surface area contributed by atoms with Crippen LogP contribution in [0.25, 0.3) is 16.8 Å². The zero-order chi connectivity index (χ0) is 13.5. The van der Waals surface area contributed by atoms with Crippen molar-refractivity contribution < 1.29 is 17.9 Å². The number of carbonyl (C=O) groups is 1. The van der Waals surface area contributed by atoms with Gasteiger partial charge in [-0.2, -0.15) is 0 Å². The lowest BCUT2D eigenvalue weighted by molar-refractivity contribution is -0.127. The van der Waals surface area contributed by atoms with Crippen molar-refractivity contribution >= 4 is 33.2 Å². The van der Waals surface area contributed by atoms with Crippen LogP contribution in [0.2, 0.25) is 0 Å². The third kappa shape index (κ3) is 1.74. The minimum Gasteiger partial charge on any atom is -0.462 e. The summed E-state index contributed by atoms with van der Waals surface area (Å²) in [6.07, 6.45) is 1.56. The maximum absolute atomic E-state index is 12.4. The van der Waals surface area contributed by atoms with Crippen LogP contribution in [0.1, 0.15) is 5.56 Å². The van der Waals surface area contributed by atoms with Gasteiger partial charge in [-0.25, -0.2) is 8.42 Å². The molecule has 1 aliphatic rings. The maximum Gasteiger partial charge on any atom is 0.293 e. The molecule has 4 nitrogen and oxygen atoms in total. The molecule has 0 aliphatic carbocycles. The number of hydrogen-bond donors (Lipinski definition) is 0. The van der Waals surface area contributed by atoms with Crippen molar-refractivity contribution in [1.29, 1.82) is 0 Å². The van der Waals surface area contributed by atoms with E-state index >= 15 is 0 Å². The van der Waals surface area contributed by atoms with Crippen molar-refractivity contribution in [3.63, 3.8) is 0 Å². The summed E-state index contributed by atoms with van der Waals surface area (Å²) in [7, 11) is -3.57. The molecule has 0 saturated carbocycles. The van der Waals surface area contributed by atoms with Gasteiger partial charge in [0.2, 0.25) is 9.84 Å². The van der Waals surface area contributed by atoms with Crippen LogP contribution in [0.5, 0.6) is 0 Å².